The van der Waals surface area contributed by atoms with Crippen LogP contribution in [0.2, 0.25) is 0 Å². The second kappa shape index (κ2) is 9.17. The largest absolute Gasteiger partial charge is 0.343 e. The Morgan fingerprint density at radius 2 is 1.78 bits per heavy atom. The van der Waals surface area contributed by atoms with Crippen molar-refractivity contribution in [2.24, 2.45) is 0 Å². The van der Waals surface area contributed by atoms with Gasteiger partial charge in [0, 0.05) is 35.9 Å². The lowest BCUT2D eigenvalue weighted by atomic mass is 10.1. The minimum absolute atomic E-state index is 0.0797. The normalized spacial score (nSPS) is 10.6. The number of para-hydroxylation sites is 1. The average Bonchev–Trinajstić information content (AvgIpc) is 3.27. The van der Waals surface area contributed by atoms with Crippen molar-refractivity contribution in [1.29, 1.82) is 0 Å². The Kier molecular flexibility index (Phi) is 5.98. The van der Waals surface area contributed by atoms with Crippen molar-refractivity contribution in [2.45, 2.75) is 0 Å². The molecule has 4 rings (SSSR count). The van der Waals surface area contributed by atoms with Crippen LogP contribution in [-0.4, -0.2) is 33.1 Å². The lowest BCUT2D eigenvalue weighted by molar-refractivity contribution is -0.115. The van der Waals surface area contributed by atoms with E-state index in [0.29, 0.717) is 11.3 Å². The summed E-state index contributed by atoms with van der Waals surface area (Å²) < 4.78 is 27.9. The van der Waals surface area contributed by atoms with Gasteiger partial charge in [-0.15, -0.1) is 0 Å². The number of halogens is 2. The van der Waals surface area contributed by atoms with Gasteiger partial charge in [-0.2, -0.15) is 5.10 Å². The molecule has 2 amide bonds. The molecule has 4 aromatic rings. The predicted molar refractivity (Wildman–Crippen MR) is 114 cm³/mol. The minimum atomic E-state index is -1.08. The SMILES string of the molecule is O=C(CNC(=O)c1cn(-c2ccccc2)nc1-c1cccnc1)Nc1ccc(F)c(F)c1. The van der Waals surface area contributed by atoms with Gasteiger partial charge in [0.05, 0.1) is 17.8 Å². The molecule has 2 N–H and O–H groups in total. The van der Waals surface area contributed by atoms with E-state index in [-0.39, 0.29) is 17.8 Å². The fourth-order valence-electron chi connectivity index (χ4n) is 3.00. The highest BCUT2D eigenvalue weighted by atomic mass is 19.2. The van der Waals surface area contributed by atoms with Crippen LogP contribution in [0.15, 0.2) is 79.3 Å². The van der Waals surface area contributed by atoms with Crippen molar-refractivity contribution in [3.63, 3.8) is 0 Å². The molecule has 0 bridgehead atoms. The molecule has 0 aliphatic rings. The maximum Gasteiger partial charge on any atom is 0.255 e. The highest BCUT2D eigenvalue weighted by Crippen LogP contribution is 2.23. The Morgan fingerprint density at radius 1 is 0.969 bits per heavy atom. The molecule has 0 fully saturated rings. The Hall–Kier alpha value is -4.40. The number of carbonyl (C=O) groups excluding carboxylic acids is 2. The summed E-state index contributed by atoms with van der Waals surface area (Å²) in [5.41, 5.74) is 2.13. The van der Waals surface area contributed by atoms with E-state index in [2.05, 4.69) is 20.7 Å². The number of carbonyl (C=O) groups is 2. The Bertz CT molecular complexity index is 1260. The molecule has 0 radical (unpaired) electrons. The molecule has 0 saturated heterocycles. The van der Waals surface area contributed by atoms with Gasteiger partial charge in [-0.3, -0.25) is 14.6 Å². The van der Waals surface area contributed by atoms with E-state index in [9.17, 15) is 18.4 Å². The lowest BCUT2D eigenvalue weighted by Gasteiger charge is -2.07. The van der Waals surface area contributed by atoms with E-state index in [1.54, 1.807) is 35.4 Å². The molecule has 9 heteroatoms. The molecule has 0 saturated carbocycles. The number of anilines is 1. The molecule has 2 aromatic carbocycles. The molecule has 0 atom stereocenters. The monoisotopic (exact) mass is 433 g/mol. The first-order chi connectivity index (χ1) is 15.5. The zero-order valence-electron chi connectivity index (χ0n) is 16.6. The second-order valence-corrected chi connectivity index (χ2v) is 6.77. The van der Waals surface area contributed by atoms with E-state index < -0.39 is 23.4 Å². The Balaban J connectivity index is 1.52. The maximum absolute atomic E-state index is 13.3. The van der Waals surface area contributed by atoms with Gasteiger partial charge < -0.3 is 10.6 Å². The molecule has 0 spiro atoms. The summed E-state index contributed by atoms with van der Waals surface area (Å²) in [5, 5.41) is 9.45. The number of hydrogen-bond acceptors (Lipinski definition) is 4. The number of rotatable bonds is 6. The first-order valence-corrected chi connectivity index (χ1v) is 9.60. The van der Waals surface area contributed by atoms with E-state index in [4.69, 9.17) is 0 Å². The standard InChI is InChI=1S/C23H17F2N5O2/c24-19-9-8-16(11-20(19)25)28-21(31)13-27-23(32)18-14-30(17-6-2-1-3-7-17)29-22(18)15-5-4-10-26-12-15/h1-12,14H,13H2,(H,27,32)(H,28,31). The van der Waals surface area contributed by atoms with Crippen molar-refractivity contribution in [1.82, 2.24) is 20.1 Å². The van der Waals surface area contributed by atoms with E-state index in [0.717, 1.165) is 17.8 Å². The van der Waals surface area contributed by atoms with Crippen LogP contribution in [0.3, 0.4) is 0 Å². The minimum Gasteiger partial charge on any atom is -0.343 e. The van der Waals surface area contributed by atoms with Crippen LogP contribution >= 0.6 is 0 Å². The number of amides is 2. The van der Waals surface area contributed by atoms with Crippen molar-refractivity contribution in [2.75, 3.05) is 11.9 Å². The van der Waals surface area contributed by atoms with Gasteiger partial charge in [0.15, 0.2) is 11.6 Å². The number of hydrogen-bond donors (Lipinski definition) is 2. The third-order valence-corrected chi connectivity index (χ3v) is 4.53. The predicted octanol–water partition coefficient (Wildman–Crippen LogP) is 3.58. The summed E-state index contributed by atoms with van der Waals surface area (Å²) in [6.45, 7) is -0.374. The number of pyridine rings is 1. The summed E-state index contributed by atoms with van der Waals surface area (Å²) in [6.07, 6.45) is 4.77. The Morgan fingerprint density at radius 3 is 2.50 bits per heavy atom. The molecule has 32 heavy (non-hydrogen) atoms. The molecular formula is C23H17F2N5O2. The zero-order chi connectivity index (χ0) is 22.5. The van der Waals surface area contributed by atoms with Gasteiger partial charge >= 0.3 is 0 Å². The number of nitrogens with zero attached hydrogens (tertiary/aromatic N) is 3. The summed E-state index contributed by atoms with van der Waals surface area (Å²) >= 11 is 0. The molecular weight excluding hydrogens is 416 g/mol. The van der Waals surface area contributed by atoms with E-state index in [1.807, 2.05) is 30.3 Å². The fourth-order valence-corrected chi connectivity index (χ4v) is 3.00. The number of nitrogens with one attached hydrogen (secondary N) is 2. The highest BCUT2D eigenvalue weighted by Gasteiger charge is 2.19. The fraction of sp³-hybridized carbons (Fsp3) is 0.0435. The summed E-state index contributed by atoms with van der Waals surface area (Å²) in [5.74, 6) is -3.22. The number of benzene rings is 2. The van der Waals surface area contributed by atoms with Crippen LogP contribution in [-0.2, 0) is 4.79 Å². The third-order valence-electron chi connectivity index (χ3n) is 4.53. The smallest absolute Gasteiger partial charge is 0.255 e. The molecule has 0 aliphatic heterocycles. The van der Waals surface area contributed by atoms with Gasteiger partial charge in [0.2, 0.25) is 5.91 Å². The second-order valence-electron chi connectivity index (χ2n) is 6.77. The van der Waals surface area contributed by atoms with E-state index in [1.165, 1.54) is 6.07 Å². The lowest BCUT2D eigenvalue weighted by Crippen LogP contribution is -2.33. The Labute approximate surface area is 181 Å². The molecule has 2 heterocycles. The average molecular weight is 433 g/mol. The van der Waals surface area contributed by atoms with Crippen molar-refractivity contribution < 1.29 is 18.4 Å². The van der Waals surface area contributed by atoms with Crippen molar-refractivity contribution in [3.8, 4) is 16.9 Å². The van der Waals surface area contributed by atoms with Crippen LogP contribution in [0.1, 0.15) is 10.4 Å². The quantitative estimate of drug-likeness (QED) is 0.487. The summed E-state index contributed by atoms with van der Waals surface area (Å²) in [7, 11) is 0. The first kappa shape index (κ1) is 20.9. The topological polar surface area (TPSA) is 88.9 Å². The molecule has 160 valence electrons. The van der Waals surface area contributed by atoms with Crippen LogP contribution in [0.25, 0.3) is 16.9 Å². The van der Waals surface area contributed by atoms with Gasteiger partial charge in [0.25, 0.3) is 5.91 Å². The molecule has 0 unspecified atom stereocenters. The van der Waals surface area contributed by atoms with Crippen molar-refractivity contribution in [3.05, 3.63) is 96.5 Å². The summed E-state index contributed by atoms with van der Waals surface area (Å²) in [4.78, 5) is 29.1. The van der Waals surface area contributed by atoms with Gasteiger partial charge in [-0.05, 0) is 36.4 Å². The zero-order valence-corrected chi connectivity index (χ0v) is 16.6. The molecule has 0 aliphatic carbocycles. The summed E-state index contributed by atoms with van der Waals surface area (Å²) in [6, 6.07) is 15.8. The first-order valence-electron chi connectivity index (χ1n) is 9.60. The van der Waals surface area contributed by atoms with Gasteiger partial charge in [0.1, 0.15) is 5.69 Å². The third kappa shape index (κ3) is 4.67. The molecule has 2 aromatic heterocycles. The van der Waals surface area contributed by atoms with Gasteiger partial charge in [-0.25, -0.2) is 13.5 Å². The van der Waals surface area contributed by atoms with Crippen LogP contribution < -0.4 is 10.6 Å². The maximum atomic E-state index is 13.3. The van der Waals surface area contributed by atoms with Gasteiger partial charge in [-0.1, -0.05) is 18.2 Å². The van der Waals surface area contributed by atoms with Crippen molar-refractivity contribution >= 4 is 17.5 Å². The van der Waals surface area contributed by atoms with Crippen LogP contribution in [0.5, 0.6) is 0 Å². The number of aromatic nitrogens is 3. The molecule has 7 nitrogen and oxygen atoms in total. The van der Waals surface area contributed by atoms with Crippen LogP contribution in [0.4, 0.5) is 14.5 Å². The highest BCUT2D eigenvalue weighted by molar-refractivity contribution is 6.02. The van der Waals surface area contributed by atoms with Crippen LogP contribution in [0, 0.1) is 11.6 Å². The van der Waals surface area contributed by atoms with E-state index >= 15 is 0 Å².